The third-order valence-corrected chi connectivity index (χ3v) is 6.21. The molecular formula is C21H25N5O2. The molecule has 2 aromatic heterocycles. The van der Waals surface area contributed by atoms with E-state index in [1.807, 2.05) is 30.0 Å². The molecule has 0 atom stereocenters. The molecule has 1 aromatic carbocycles. The van der Waals surface area contributed by atoms with E-state index >= 15 is 0 Å². The maximum absolute atomic E-state index is 12.7. The topological polar surface area (TPSA) is 78.3 Å². The van der Waals surface area contributed by atoms with Crippen LogP contribution in [0, 0.1) is 6.92 Å². The minimum Gasteiger partial charge on any atom is -0.356 e. The largest absolute Gasteiger partial charge is 0.356 e. The number of hydrogen-bond donors (Lipinski definition) is 1. The number of aryl methyl sites for hydroxylation is 1. The molecule has 0 radical (unpaired) electrons. The number of carbonyl (C=O) groups is 1. The van der Waals surface area contributed by atoms with Crippen molar-refractivity contribution in [3.05, 3.63) is 46.9 Å². The Kier molecular flexibility index (Phi) is 4.39. The van der Waals surface area contributed by atoms with Crippen LogP contribution in [-0.4, -0.2) is 63.8 Å². The van der Waals surface area contributed by atoms with Crippen molar-refractivity contribution in [2.24, 2.45) is 0 Å². The van der Waals surface area contributed by atoms with Gasteiger partial charge in [0.25, 0.3) is 5.91 Å². The number of aromatic nitrogens is 3. The molecule has 5 rings (SSSR count). The molecule has 1 saturated heterocycles. The van der Waals surface area contributed by atoms with Crippen molar-refractivity contribution < 1.29 is 9.32 Å². The van der Waals surface area contributed by atoms with Crippen LogP contribution in [0.1, 0.15) is 46.2 Å². The second kappa shape index (κ2) is 7.05. The van der Waals surface area contributed by atoms with Gasteiger partial charge in [0.1, 0.15) is 0 Å². The molecule has 1 fully saturated rings. The Bertz CT molecular complexity index is 999. The van der Waals surface area contributed by atoms with Crippen molar-refractivity contribution in [2.45, 2.75) is 32.1 Å². The normalized spacial score (nSPS) is 18.8. The molecular weight excluding hydrogens is 354 g/mol. The lowest BCUT2D eigenvalue weighted by Gasteiger charge is -2.34. The number of para-hydroxylation sites is 1. The van der Waals surface area contributed by atoms with Crippen LogP contribution in [0.5, 0.6) is 0 Å². The van der Waals surface area contributed by atoms with E-state index in [0.717, 1.165) is 85.6 Å². The highest BCUT2D eigenvalue weighted by molar-refractivity contribution is 5.97. The average molecular weight is 379 g/mol. The Balaban J connectivity index is 1.17. The number of rotatable bonds is 4. The van der Waals surface area contributed by atoms with Crippen molar-refractivity contribution in [3.63, 3.8) is 0 Å². The van der Waals surface area contributed by atoms with Gasteiger partial charge >= 0.3 is 0 Å². The summed E-state index contributed by atoms with van der Waals surface area (Å²) in [6.45, 7) is 6.45. The van der Waals surface area contributed by atoms with Crippen LogP contribution in [0.2, 0.25) is 0 Å². The molecule has 0 bridgehead atoms. The Morgan fingerprint density at radius 2 is 2.00 bits per heavy atom. The van der Waals surface area contributed by atoms with E-state index in [0.29, 0.717) is 5.92 Å². The van der Waals surface area contributed by atoms with E-state index in [2.05, 4.69) is 26.3 Å². The van der Waals surface area contributed by atoms with Gasteiger partial charge in [0, 0.05) is 43.1 Å². The number of carbonyl (C=O) groups excluding carboxylic acids is 1. The summed E-state index contributed by atoms with van der Waals surface area (Å²) in [5.41, 5.74) is 4.55. The molecule has 0 spiro atoms. The van der Waals surface area contributed by atoms with E-state index in [1.165, 1.54) is 0 Å². The first-order chi connectivity index (χ1) is 13.7. The smallest absolute Gasteiger partial charge is 0.257 e. The second-order valence-corrected chi connectivity index (χ2v) is 7.89. The van der Waals surface area contributed by atoms with E-state index in [1.54, 1.807) is 0 Å². The number of H-pyrrole nitrogens is 1. The van der Waals surface area contributed by atoms with Gasteiger partial charge in [0.2, 0.25) is 0 Å². The van der Waals surface area contributed by atoms with Gasteiger partial charge in [0.05, 0.1) is 17.0 Å². The first kappa shape index (κ1) is 17.4. The van der Waals surface area contributed by atoms with Crippen LogP contribution in [0.3, 0.4) is 0 Å². The number of aromatic amines is 1. The van der Waals surface area contributed by atoms with E-state index < -0.39 is 0 Å². The number of hydrogen-bond acceptors (Lipinski definition) is 5. The summed E-state index contributed by atoms with van der Waals surface area (Å²) >= 11 is 0. The van der Waals surface area contributed by atoms with Gasteiger partial charge in [-0.25, -0.2) is 0 Å². The Labute approximate surface area is 163 Å². The molecule has 4 heterocycles. The molecule has 1 amide bonds. The zero-order chi connectivity index (χ0) is 19.1. The van der Waals surface area contributed by atoms with Gasteiger partial charge < -0.3 is 14.3 Å². The summed E-state index contributed by atoms with van der Waals surface area (Å²) in [5, 5.41) is 12.7. The molecule has 146 valence electrons. The molecule has 0 unspecified atom stereocenters. The SMILES string of the molecule is Cc1[nH]nc2c1C(=O)N(CCN1CCC(c3noc4ccccc34)CC1)CC2. The van der Waals surface area contributed by atoms with Crippen molar-refractivity contribution in [3.8, 4) is 0 Å². The maximum atomic E-state index is 12.7. The molecule has 7 nitrogen and oxygen atoms in total. The lowest BCUT2D eigenvalue weighted by atomic mass is 9.91. The molecule has 2 aliphatic rings. The fourth-order valence-corrected chi connectivity index (χ4v) is 4.55. The quantitative estimate of drug-likeness (QED) is 0.754. The Hall–Kier alpha value is -2.67. The molecule has 0 saturated carbocycles. The zero-order valence-corrected chi connectivity index (χ0v) is 16.1. The van der Waals surface area contributed by atoms with E-state index in [9.17, 15) is 4.79 Å². The number of amides is 1. The number of piperidine rings is 1. The zero-order valence-electron chi connectivity index (χ0n) is 16.1. The maximum Gasteiger partial charge on any atom is 0.257 e. The number of nitrogens with one attached hydrogen (secondary N) is 1. The first-order valence-corrected chi connectivity index (χ1v) is 10.1. The number of likely N-dealkylation sites (tertiary alicyclic amines) is 1. The van der Waals surface area contributed by atoms with Crippen LogP contribution in [0.4, 0.5) is 0 Å². The van der Waals surface area contributed by atoms with Gasteiger partial charge in [-0.2, -0.15) is 5.10 Å². The average Bonchev–Trinajstić information content (AvgIpc) is 3.32. The minimum atomic E-state index is 0.122. The van der Waals surface area contributed by atoms with Gasteiger partial charge in [-0.3, -0.25) is 9.89 Å². The van der Waals surface area contributed by atoms with Gasteiger partial charge in [0.15, 0.2) is 5.58 Å². The monoisotopic (exact) mass is 379 g/mol. The standard InChI is InChI=1S/C21H25N5O2/c1-14-19-17(23-22-14)8-11-26(21(19)27)13-12-25-9-6-15(7-10-25)20-16-4-2-3-5-18(16)28-24-20/h2-5,15H,6-13H2,1H3,(H,22,23). The van der Waals surface area contributed by atoms with Gasteiger partial charge in [-0.15, -0.1) is 0 Å². The van der Waals surface area contributed by atoms with Crippen LogP contribution in [-0.2, 0) is 6.42 Å². The fourth-order valence-electron chi connectivity index (χ4n) is 4.55. The lowest BCUT2D eigenvalue weighted by Crippen LogP contribution is -2.44. The Morgan fingerprint density at radius 1 is 1.18 bits per heavy atom. The van der Waals surface area contributed by atoms with Crippen molar-refractivity contribution in [2.75, 3.05) is 32.7 Å². The summed E-state index contributed by atoms with van der Waals surface area (Å²) in [4.78, 5) is 17.2. The highest BCUT2D eigenvalue weighted by Crippen LogP contribution is 2.32. The van der Waals surface area contributed by atoms with Gasteiger partial charge in [-0.05, 0) is 45.0 Å². The third-order valence-electron chi connectivity index (χ3n) is 6.21. The van der Waals surface area contributed by atoms with Crippen LogP contribution < -0.4 is 0 Å². The summed E-state index contributed by atoms with van der Waals surface area (Å²) < 4.78 is 5.48. The van der Waals surface area contributed by atoms with Crippen LogP contribution in [0.15, 0.2) is 28.8 Å². The summed E-state index contributed by atoms with van der Waals surface area (Å²) in [6.07, 6.45) is 3.00. The predicted octanol–water partition coefficient (Wildman–Crippen LogP) is 2.74. The number of fused-ring (bicyclic) bond motifs is 2. The summed E-state index contributed by atoms with van der Waals surface area (Å²) in [5.74, 6) is 0.573. The highest BCUT2D eigenvalue weighted by atomic mass is 16.5. The van der Waals surface area contributed by atoms with Crippen molar-refractivity contribution >= 4 is 16.9 Å². The molecule has 1 N–H and O–H groups in total. The van der Waals surface area contributed by atoms with Crippen molar-refractivity contribution in [1.29, 1.82) is 0 Å². The summed E-state index contributed by atoms with van der Waals surface area (Å²) in [6, 6.07) is 8.10. The predicted molar refractivity (Wildman–Crippen MR) is 105 cm³/mol. The third kappa shape index (κ3) is 2.99. The number of benzene rings is 1. The highest BCUT2D eigenvalue weighted by Gasteiger charge is 2.29. The molecule has 7 heteroatoms. The fraction of sp³-hybridized carbons (Fsp3) is 0.476. The molecule has 2 aliphatic heterocycles. The van der Waals surface area contributed by atoms with Crippen molar-refractivity contribution in [1.82, 2.24) is 25.2 Å². The molecule has 3 aromatic rings. The molecule has 0 aliphatic carbocycles. The molecule has 28 heavy (non-hydrogen) atoms. The number of nitrogens with zero attached hydrogens (tertiary/aromatic N) is 4. The summed E-state index contributed by atoms with van der Waals surface area (Å²) in [7, 11) is 0. The first-order valence-electron chi connectivity index (χ1n) is 10.1. The van der Waals surface area contributed by atoms with E-state index in [-0.39, 0.29) is 5.91 Å². The van der Waals surface area contributed by atoms with E-state index in [4.69, 9.17) is 4.52 Å². The van der Waals surface area contributed by atoms with Crippen LogP contribution in [0.25, 0.3) is 11.0 Å². The van der Waals surface area contributed by atoms with Crippen LogP contribution >= 0.6 is 0 Å². The Morgan fingerprint density at radius 3 is 2.86 bits per heavy atom. The lowest BCUT2D eigenvalue weighted by molar-refractivity contribution is 0.0709. The second-order valence-electron chi connectivity index (χ2n) is 7.89. The minimum absolute atomic E-state index is 0.122. The van der Waals surface area contributed by atoms with Gasteiger partial charge in [-0.1, -0.05) is 17.3 Å².